The number of carbonyl (C=O) groups excluding carboxylic acids is 3. The Bertz CT molecular complexity index is 840. The van der Waals surface area contributed by atoms with Gasteiger partial charge in [-0.05, 0) is 40.5 Å². The van der Waals surface area contributed by atoms with Gasteiger partial charge < -0.3 is 40.7 Å². The molecule has 35 heavy (non-hydrogen) atoms. The zero-order valence-corrected chi connectivity index (χ0v) is 21.9. The van der Waals surface area contributed by atoms with Crippen LogP contribution in [0.2, 0.25) is 0 Å². The summed E-state index contributed by atoms with van der Waals surface area (Å²) in [5.74, 6) is -0.0362. The van der Waals surface area contributed by atoms with Crippen LogP contribution < -0.4 is 16.0 Å². The molecule has 12 heteroatoms. The number of hydrogen-bond acceptors (Lipinski definition) is 9. The molecule has 11 nitrogen and oxygen atoms in total. The van der Waals surface area contributed by atoms with E-state index in [1.165, 1.54) is 27.7 Å². The summed E-state index contributed by atoms with van der Waals surface area (Å²) in [5.41, 5.74) is -6.86. The molecule has 0 saturated carbocycles. The van der Waals surface area contributed by atoms with Gasteiger partial charge in [0, 0.05) is 24.3 Å². The van der Waals surface area contributed by atoms with Crippen LogP contribution >= 0.6 is 11.8 Å². The molecule has 0 aromatic heterocycles. The summed E-state index contributed by atoms with van der Waals surface area (Å²) >= 11 is 1.82. The molecule has 0 radical (unpaired) electrons. The van der Waals surface area contributed by atoms with E-state index in [1.54, 1.807) is 6.92 Å². The van der Waals surface area contributed by atoms with E-state index in [9.17, 15) is 29.7 Å². The molecule has 3 fully saturated rings. The number of esters is 1. The van der Waals surface area contributed by atoms with Crippen LogP contribution in [0.4, 0.5) is 4.79 Å². The molecule has 3 amide bonds. The van der Waals surface area contributed by atoms with E-state index in [1.807, 2.05) is 11.8 Å². The number of amides is 3. The van der Waals surface area contributed by atoms with Crippen molar-refractivity contribution in [1.29, 1.82) is 0 Å². The Labute approximate surface area is 210 Å². The van der Waals surface area contributed by atoms with Crippen molar-refractivity contribution in [1.82, 2.24) is 16.0 Å². The summed E-state index contributed by atoms with van der Waals surface area (Å²) in [7, 11) is 0. The van der Waals surface area contributed by atoms with Crippen molar-refractivity contribution in [2.24, 2.45) is 0 Å². The molecule has 200 valence electrons. The molecule has 3 heterocycles. The molecular formula is C23H39N3O8S. The summed E-state index contributed by atoms with van der Waals surface area (Å²) in [4.78, 5) is 36.0. The third-order valence-corrected chi connectivity index (χ3v) is 9.71. The number of unbranched alkanes of at least 4 members (excludes halogenated alkanes) is 1. The fourth-order valence-corrected chi connectivity index (χ4v) is 6.97. The maximum absolute atomic E-state index is 12.5. The van der Waals surface area contributed by atoms with Gasteiger partial charge in [0.2, 0.25) is 5.91 Å². The zero-order valence-electron chi connectivity index (χ0n) is 21.1. The second-order valence-electron chi connectivity index (χ2n) is 10.6. The lowest BCUT2D eigenvalue weighted by Gasteiger charge is -2.64. The van der Waals surface area contributed by atoms with Crippen LogP contribution in [0.15, 0.2) is 0 Å². The van der Waals surface area contributed by atoms with Crippen LogP contribution in [0.5, 0.6) is 0 Å². The molecule has 0 aromatic rings. The van der Waals surface area contributed by atoms with Crippen molar-refractivity contribution < 1.29 is 39.2 Å². The molecule has 3 saturated heterocycles. The zero-order chi connectivity index (χ0) is 26.2. The molecule has 3 aliphatic heterocycles. The number of hydrogen-bond donors (Lipinski definition) is 6. The highest BCUT2D eigenvalue weighted by molar-refractivity contribution is 8.00. The molecule has 6 N–H and O–H groups in total. The van der Waals surface area contributed by atoms with E-state index in [0.717, 1.165) is 18.6 Å². The minimum Gasteiger partial charge on any atom is -0.463 e. The second-order valence-corrected chi connectivity index (χ2v) is 11.8. The van der Waals surface area contributed by atoms with Gasteiger partial charge in [-0.1, -0.05) is 6.42 Å². The molecule has 0 aromatic carbocycles. The van der Waals surface area contributed by atoms with Gasteiger partial charge in [-0.15, -0.1) is 0 Å². The molecule has 4 unspecified atom stereocenters. The second kappa shape index (κ2) is 10.0. The quantitative estimate of drug-likeness (QED) is 0.138. The monoisotopic (exact) mass is 517 g/mol. The number of carbonyl (C=O) groups is 3. The number of aliphatic hydroxyl groups is 3. The predicted octanol–water partition coefficient (Wildman–Crippen LogP) is -0.198. The first-order chi connectivity index (χ1) is 16.2. The van der Waals surface area contributed by atoms with Crippen LogP contribution in [0, 0.1) is 0 Å². The number of nitrogens with one attached hydrogen (secondary N) is 3. The van der Waals surface area contributed by atoms with Crippen LogP contribution in [0.3, 0.4) is 0 Å². The summed E-state index contributed by atoms with van der Waals surface area (Å²) in [6, 6.07) is 0.165. The predicted molar refractivity (Wildman–Crippen MR) is 129 cm³/mol. The minimum absolute atomic E-state index is 0.123. The van der Waals surface area contributed by atoms with E-state index in [-0.39, 0.29) is 31.1 Å². The molecule has 0 aliphatic carbocycles. The van der Waals surface area contributed by atoms with Crippen molar-refractivity contribution in [3.8, 4) is 0 Å². The third-order valence-electron chi connectivity index (χ3n) is 8.20. The van der Waals surface area contributed by atoms with Crippen LogP contribution in [0.1, 0.15) is 60.3 Å². The number of aliphatic hydroxyl groups excluding tert-OH is 1. The van der Waals surface area contributed by atoms with Gasteiger partial charge in [-0.2, -0.15) is 11.8 Å². The van der Waals surface area contributed by atoms with Crippen molar-refractivity contribution in [2.75, 3.05) is 19.0 Å². The van der Waals surface area contributed by atoms with E-state index >= 15 is 0 Å². The minimum atomic E-state index is -1.94. The summed E-state index contributed by atoms with van der Waals surface area (Å²) in [5, 5.41) is 41.1. The number of ether oxygens (including phenoxy) is 2. The average Bonchev–Trinajstić information content (AvgIpc) is 3.31. The number of fused-ring (bicyclic) bond motifs is 1. The SMILES string of the molecule is CC(=O)NC1(C)C(C)(O)[C@](C)(O)C(CO)O[C@@]1(C)COC(=O)CCCCC1SC[C@@H]2NC(=O)N[C@H]12. The summed E-state index contributed by atoms with van der Waals surface area (Å²) in [6.45, 7) is 6.18. The largest absolute Gasteiger partial charge is 0.463 e. The number of thioether (sulfide) groups is 1. The van der Waals surface area contributed by atoms with E-state index in [4.69, 9.17) is 9.47 Å². The lowest BCUT2D eigenvalue weighted by Crippen LogP contribution is -2.86. The highest BCUT2D eigenvalue weighted by Gasteiger charge is 2.71. The Balaban J connectivity index is 1.57. The Morgan fingerprint density at radius 1 is 1.20 bits per heavy atom. The normalized spacial score (nSPS) is 42.7. The van der Waals surface area contributed by atoms with Gasteiger partial charge in [0.15, 0.2) is 0 Å². The Morgan fingerprint density at radius 2 is 1.89 bits per heavy atom. The first kappa shape index (κ1) is 28.0. The lowest BCUT2D eigenvalue weighted by molar-refractivity contribution is -0.337. The van der Waals surface area contributed by atoms with Gasteiger partial charge in [0.1, 0.15) is 35.1 Å². The van der Waals surface area contributed by atoms with Gasteiger partial charge in [0.05, 0.1) is 18.7 Å². The standard InChI is InChI=1S/C23H39N3O8S/c1-13(28)26-22(4)20(2,34-16(10-27)21(3,31)23(22,5)32)12-33-17(29)9-7-6-8-15-18-14(11-35-15)24-19(30)25-18/h14-16,18,27,31-32H,6-12H2,1-5H3,(H,26,28)(H2,24,25,30)/t14-,15?,16?,18-,20-,21+,22?,23?/m0/s1. The van der Waals surface area contributed by atoms with E-state index in [0.29, 0.717) is 11.7 Å². The summed E-state index contributed by atoms with van der Waals surface area (Å²) < 4.78 is 11.5. The first-order valence-electron chi connectivity index (χ1n) is 12.0. The highest BCUT2D eigenvalue weighted by atomic mass is 32.2. The maximum Gasteiger partial charge on any atom is 0.315 e. The van der Waals surface area contributed by atoms with Crippen LogP contribution in [-0.4, -0.2) is 98.0 Å². The third kappa shape index (κ3) is 5.00. The van der Waals surface area contributed by atoms with Crippen molar-refractivity contribution in [3.63, 3.8) is 0 Å². The molecule has 0 bridgehead atoms. The maximum atomic E-state index is 12.5. The van der Waals surface area contributed by atoms with Gasteiger partial charge in [0.25, 0.3) is 0 Å². The molecular weight excluding hydrogens is 478 g/mol. The smallest absolute Gasteiger partial charge is 0.315 e. The highest BCUT2D eigenvalue weighted by Crippen LogP contribution is 2.49. The van der Waals surface area contributed by atoms with Crippen molar-refractivity contribution in [3.05, 3.63) is 0 Å². The van der Waals surface area contributed by atoms with E-state index < -0.39 is 46.9 Å². The lowest BCUT2D eigenvalue weighted by atomic mass is 9.60. The van der Waals surface area contributed by atoms with Crippen LogP contribution in [-0.2, 0) is 19.1 Å². The molecule has 3 rings (SSSR count). The fourth-order valence-electron chi connectivity index (χ4n) is 5.43. The molecule has 3 aliphatic rings. The van der Waals surface area contributed by atoms with Crippen molar-refractivity contribution in [2.45, 2.75) is 106 Å². The number of urea groups is 1. The Hall–Kier alpha value is -1.60. The van der Waals surface area contributed by atoms with Gasteiger partial charge in [-0.25, -0.2) is 4.79 Å². The van der Waals surface area contributed by atoms with Crippen LogP contribution in [0.25, 0.3) is 0 Å². The van der Waals surface area contributed by atoms with Gasteiger partial charge >= 0.3 is 12.0 Å². The summed E-state index contributed by atoms with van der Waals surface area (Å²) in [6.07, 6.45) is 1.29. The van der Waals surface area contributed by atoms with Gasteiger partial charge in [-0.3, -0.25) is 9.59 Å². The average molecular weight is 518 g/mol. The number of rotatable bonds is 9. The fraction of sp³-hybridized carbons (Fsp3) is 0.870. The Morgan fingerprint density at radius 3 is 2.51 bits per heavy atom. The Kier molecular flexibility index (Phi) is 8.03. The topological polar surface area (TPSA) is 166 Å². The first-order valence-corrected chi connectivity index (χ1v) is 13.1. The van der Waals surface area contributed by atoms with E-state index in [2.05, 4.69) is 16.0 Å². The molecule has 0 spiro atoms. The molecule has 8 atom stereocenters. The van der Waals surface area contributed by atoms with Crippen molar-refractivity contribution >= 4 is 29.7 Å².